The van der Waals surface area contributed by atoms with Crippen molar-refractivity contribution in [3.05, 3.63) is 0 Å². The average molecular weight is 383 g/mol. The molecule has 1 atom stereocenters. The second kappa shape index (κ2) is 12.7. The van der Waals surface area contributed by atoms with Crippen molar-refractivity contribution in [1.29, 1.82) is 0 Å². The Morgan fingerprint density at radius 3 is 2.47 bits per heavy atom. The third kappa shape index (κ3) is 11.2. The van der Waals surface area contributed by atoms with Crippen molar-refractivity contribution in [1.82, 2.24) is 8.85 Å². The number of carbonyl (C=O) groups excluding carboxylic acids is 2. The first-order valence-corrected chi connectivity index (χ1v) is 8.11. The maximum Gasteiger partial charge on any atom is 0.239 e. The van der Waals surface area contributed by atoms with Crippen LogP contribution in [0.1, 0.15) is 58.3 Å². The molecule has 0 aromatic carbocycles. The highest BCUT2D eigenvalue weighted by molar-refractivity contribution is 14.1. The molecule has 0 fully saturated rings. The van der Waals surface area contributed by atoms with E-state index in [2.05, 4.69) is 38.6 Å². The van der Waals surface area contributed by atoms with E-state index in [-0.39, 0.29) is 5.91 Å². The number of unbranched alkanes of at least 4 members (excludes halogenated alkanes) is 4. The van der Waals surface area contributed by atoms with Crippen LogP contribution in [0.15, 0.2) is 0 Å². The van der Waals surface area contributed by atoms with E-state index < -0.39 is 11.9 Å². The summed E-state index contributed by atoms with van der Waals surface area (Å²) in [5, 5.41) is 2.73. The second-order valence-electron chi connectivity index (χ2n) is 4.71. The van der Waals surface area contributed by atoms with Crippen LogP contribution in [0, 0.1) is 0 Å². The molecule has 0 heterocycles. The molecule has 0 spiro atoms. The molecule has 0 bridgehead atoms. The molecule has 0 aromatic heterocycles. The van der Waals surface area contributed by atoms with E-state index in [0.29, 0.717) is 12.8 Å². The highest BCUT2D eigenvalue weighted by atomic mass is 127. The summed E-state index contributed by atoms with van der Waals surface area (Å²) in [6.45, 7) is 3.03. The lowest BCUT2D eigenvalue weighted by molar-refractivity contribution is -0.127. The number of amides is 2. The number of nitrogens with one attached hydrogen (secondary N) is 2. The fraction of sp³-hybridized carbons (Fsp3) is 0.846. The van der Waals surface area contributed by atoms with Crippen molar-refractivity contribution in [2.75, 3.05) is 6.54 Å². The second-order valence-corrected chi connectivity index (χ2v) is 5.48. The highest BCUT2D eigenvalue weighted by Crippen LogP contribution is 2.04. The van der Waals surface area contributed by atoms with Gasteiger partial charge in [0.15, 0.2) is 0 Å². The predicted octanol–water partition coefficient (Wildman–Crippen LogP) is 2.04. The number of rotatable bonds is 12. The quantitative estimate of drug-likeness (QED) is 0.274. The van der Waals surface area contributed by atoms with Crippen molar-refractivity contribution in [2.24, 2.45) is 5.73 Å². The largest absolute Gasteiger partial charge is 0.368 e. The first-order chi connectivity index (χ1) is 9.11. The van der Waals surface area contributed by atoms with Crippen molar-refractivity contribution in [2.45, 2.75) is 64.3 Å². The molecule has 0 aromatic rings. The van der Waals surface area contributed by atoms with Crippen LogP contribution in [0.25, 0.3) is 0 Å². The summed E-state index contributed by atoms with van der Waals surface area (Å²) in [5.74, 6) is -0.503. The molecule has 1 unspecified atom stereocenters. The summed E-state index contributed by atoms with van der Waals surface area (Å²) >= 11 is 2.09. The minimum Gasteiger partial charge on any atom is -0.368 e. The zero-order valence-electron chi connectivity index (χ0n) is 11.7. The molecule has 0 saturated carbocycles. The van der Waals surface area contributed by atoms with Crippen LogP contribution in [-0.4, -0.2) is 24.4 Å². The fourth-order valence-corrected chi connectivity index (χ4v) is 2.19. The van der Waals surface area contributed by atoms with Gasteiger partial charge in [0.1, 0.15) is 6.04 Å². The number of nitrogens with two attached hydrogens (primary N) is 1. The Morgan fingerprint density at radius 2 is 1.89 bits per heavy atom. The summed E-state index contributed by atoms with van der Waals surface area (Å²) in [6.07, 6.45) is 7.19. The van der Waals surface area contributed by atoms with Crippen LogP contribution in [0.4, 0.5) is 0 Å². The molecular formula is C13H26IN3O2. The van der Waals surface area contributed by atoms with Crippen molar-refractivity contribution in [3.63, 3.8) is 0 Å². The molecule has 5 nitrogen and oxygen atoms in total. The Hall–Kier alpha value is -0.370. The first kappa shape index (κ1) is 18.6. The molecule has 0 radical (unpaired) electrons. The topological polar surface area (TPSA) is 84.2 Å². The third-order valence-corrected chi connectivity index (χ3v) is 3.49. The monoisotopic (exact) mass is 383 g/mol. The molecule has 0 aliphatic heterocycles. The van der Waals surface area contributed by atoms with Crippen LogP contribution in [-0.2, 0) is 9.59 Å². The smallest absolute Gasteiger partial charge is 0.239 e. The summed E-state index contributed by atoms with van der Waals surface area (Å²) < 4.78 is 3.02. The maximum absolute atomic E-state index is 11.7. The molecule has 6 heteroatoms. The van der Waals surface area contributed by atoms with Gasteiger partial charge in [-0.25, -0.2) is 0 Å². The summed E-state index contributed by atoms with van der Waals surface area (Å²) in [6, 6.07) is -0.520. The summed E-state index contributed by atoms with van der Waals surface area (Å²) in [4.78, 5) is 22.9. The van der Waals surface area contributed by atoms with E-state index in [1.165, 1.54) is 0 Å². The summed E-state index contributed by atoms with van der Waals surface area (Å²) in [5.41, 5.74) is 5.31. The molecule has 2 amide bonds. The van der Waals surface area contributed by atoms with Crippen LogP contribution in [0.5, 0.6) is 0 Å². The van der Waals surface area contributed by atoms with Gasteiger partial charge in [0.2, 0.25) is 11.8 Å². The van der Waals surface area contributed by atoms with Gasteiger partial charge in [0.25, 0.3) is 0 Å². The molecule has 0 saturated heterocycles. The standard InChI is InChI=1S/C13H26IN3O2/c1-2-3-4-5-9-12(18)17-11(13(15)19)8-6-7-10-16-14/h11,16H,2-10H2,1H3,(H2,15,19)(H,17,18). The number of primary amides is 1. The Kier molecular flexibility index (Phi) is 12.4. The van der Waals surface area contributed by atoms with Crippen LogP contribution in [0.3, 0.4) is 0 Å². The van der Waals surface area contributed by atoms with Crippen LogP contribution >= 0.6 is 22.9 Å². The van der Waals surface area contributed by atoms with Gasteiger partial charge in [-0.3, -0.25) is 13.1 Å². The molecular weight excluding hydrogens is 357 g/mol. The van der Waals surface area contributed by atoms with E-state index in [1.807, 2.05) is 0 Å². The highest BCUT2D eigenvalue weighted by Gasteiger charge is 2.16. The van der Waals surface area contributed by atoms with Gasteiger partial charge >= 0.3 is 0 Å². The maximum atomic E-state index is 11.7. The lowest BCUT2D eigenvalue weighted by Gasteiger charge is -2.15. The van der Waals surface area contributed by atoms with Gasteiger partial charge in [0.05, 0.1) is 0 Å². The molecule has 112 valence electrons. The minimum absolute atomic E-state index is 0.0630. The van der Waals surface area contributed by atoms with Gasteiger partial charge in [-0.1, -0.05) is 26.2 Å². The number of hydrogen-bond acceptors (Lipinski definition) is 3. The molecule has 19 heavy (non-hydrogen) atoms. The first-order valence-electron chi connectivity index (χ1n) is 7.04. The zero-order chi connectivity index (χ0) is 14.5. The number of hydrogen-bond donors (Lipinski definition) is 3. The van der Waals surface area contributed by atoms with Crippen molar-refractivity contribution >= 4 is 34.7 Å². The fourth-order valence-electron chi connectivity index (χ4n) is 1.80. The van der Waals surface area contributed by atoms with Gasteiger partial charge in [-0.05, 0) is 25.7 Å². The normalized spacial score (nSPS) is 12.1. The van der Waals surface area contributed by atoms with Gasteiger partial charge in [-0.2, -0.15) is 0 Å². The van der Waals surface area contributed by atoms with E-state index in [0.717, 1.165) is 45.1 Å². The summed E-state index contributed by atoms with van der Waals surface area (Å²) in [7, 11) is 0. The average Bonchev–Trinajstić information content (AvgIpc) is 2.38. The molecule has 4 N–H and O–H groups in total. The van der Waals surface area contributed by atoms with E-state index in [1.54, 1.807) is 0 Å². The Bertz CT molecular complexity index is 262. The number of halogens is 1. The Labute approximate surface area is 129 Å². The van der Waals surface area contributed by atoms with Gasteiger partial charge in [0, 0.05) is 35.8 Å². The van der Waals surface area contributed by atoms with E-state index >= 15 is 0 Å². The van der Waals surface area contributed by atoms with E-state index in [9.17, 15) is 9.59 Å². The van der Waals surface area contributed by atoms with Crippen molar-refractivity contribution < 1.29 is 9.59 Å². The number of carbonyl (C=O) groups is 2. The third-order valence-electron chi connectivity index (χ3n) is 2.95. The van der Waals surface area contributed by atoms with Gasteiger partial charge in [-0.15, -0.1) is 0 Å². The minimum atomic E-state index is -0.520. The van der Waals surface area contributed by atoms with Crippen LogP contribution in [0.2, 0.25) is 0 Å². The van der Waals surface area contributed by atoms with Crippen molar-refractivity contribution in [3.8, 4) is 0 Å². The Balaban J connectivity index is 3.85. The molecule has 0 aliphatic rings. The lowest BCUT2D eigenvalue weighted by Crippen LogP contribution is -2.44. The molecule has 0 aliphatic carbocycles. The van der Waals surface area contributed by atoms with Gasteiger partial charge < -0.3 is 11.1 Å². The predicted molar refractivity (Wildman–Crippen MR) is 85.8 cm³/mol. The lowest BCUT2D eigenvalue weighted by atomic mass is 10.1. The van der Waals surface area contributed by atoms with E-state index in [4.69, 9.17) is 5.73 Å². The SMILES string of the molecule is CCCCCCC(=O)NC(CCCCNI)C(N)=O. The Morgan fingerprint density at radius 1 is 1.16 bits per heavy atom. The molecule has 0 rings (SSSR count). The van der Waals surface area contributed by atoms with Crippen LogP contribution < -0.4 is 14.6 Å². The zero-order valence-corrected chi connectivity index (χ0v) is 13.9.